The van der Waals surface area contributed by atoms with E-state index in [1.54, 1.807) is 53.4 Å². The van der Waals surface area contributed by atoms with Crippen molar-refractivity contribution in [1.82, 2.24) is 20.4 Å². The topological polar surface area (TPSA) is 110 Å². The number of nitrogens with one attached hydrogen (secondary N) is 3. The summed E-state index contributed by atoms with van der Waals surface area (Å²) in [6.45, 7) is 5.80. The van der Waals surface area contributed by atoms with Gasteiger partial charge in [0, 0.05) is 24.1 Å². The van der Waals surface area contributed by atoms with Crippen LogP contribution in [0.4, 0.5) is 5.82 Å². The monoisotopic (exact) mass is 423 g/mol. The Morgan fingerprint density at radius 1 is 1.29 bits per heavy atom. The first kappa shape index (κ1) is 20.7. The van der Waals surface area contributed by atoms with Gasteiger partial charge in [-0.05, 0) is 57.2 Å². The van der Waals surface area contributed by atoms with E-state index in [-0.39, 0.29) is 24.0 Å². The highest BCUT2D eigenvalue weighted by atomic mass is 16.5. The molecule has 2 amide bonds. The highest BCUT2D eigenvalue weighted by Crippen LogP contribution is 2.25. The van der Waals surface area contributed by atoms with Gasteiger partial charge in [0.05, 0.1) is 12.4 Å². The third kappa shape index (κ3) is 4.77. The fraction of sp³-hybridized carbons (Fsp3) is 0.318. The Morgan fingerprint density at radius 2 is 2.06 bits per heavy atom. The van der Waals surface area contributed by atoms with E-state index in [9.17, 15) is 9.59 Å². The van der Waals surface area contributed by atoms with E-state index in [0.29, 0.717) is 35.0 Å². The van der Waals surface area contributed by atoms with Gasteiger partial charge in [0.2, 0.25) is 5.91 Å². The number of hydrogen-bond donors (Lipinski definition) is 3. The summed E-state index contributed by atoms with van der Waals surface area (Å²) in [5.74, 6) is 1.27. The van der Waals surface area contributed by atoms with Gasteiger partial charge in [-0.15, -0.1) is 0 Å². The molecule has 3 heterocycles. The molecule has 0 aliphatic carbocycles. The van der Waals surface area contributed by atoms with Gasteiger partial charge < -0.3 is 19.8 Å². The number of benzene rings is 1. The van der Waals surface area contributed by atoms with Crippen LogP contribution in [-0.4, -0.2) is 33.7 Å². The van der Waals surface area contributed by atoms with E-state index < -0.39 is 6.29 Å². The largest absolute Gasteiger partial charge is 0.491 e. The first-order valence-electron chi connectivity index (χ1n) is 10.2. The fourth-order valence-electron chi connectivity index (χ4n) is 3.37. The normalized spacial score (nSPS) is 18.6. The van der Waals surface area contributed by atoms with Crippen molar-refractivity contribution in [1.29, 1.82) is 0 Å². The summed E-state index contributed by atoms with van der Waals surface area (Å²) in [6.07, 6.45) is 1.37. The number of hydrogen-bond acceptors (Lipinski definition) is 6. The van der Waals surface area contributed by atoms with E-state index in [1.165, 1.54) is 0 Å². The second kappa shape index (κ2) is 8.65. The lowest BCUT2D eigenvalue weighted by Crippen LogP contribution is -2.52. The standard InChI is InChI=1S/C22H25N5O4/c1-13(2)31-16-8-6-15(7-9-16)21(29)24-19-12-17(18-5-4-10-30-18)26-27(19)22-23-14(3)11-20(28)25-22/h4-10,12-14,22-23H,11H2,1-3H3,(H,24,29)(H,25,28). The third-order valence-corrected chi connectivity index (χ3v) is 4.72. The van der Waals surface area contributed by atoms with Crippen molar-refractivity contribution >= 4 is 17.6 Å². The molecule has 3 N–H and O–H groups in total. The molecule has 0 radical (unpaired) electrons. The zero-order valence-corrected chi connectivity index (χ0v) is 17.6. The minimum atomic E-state index is -0.600. The highest BCUT2D eigenvalue weighted by Gasteiger charge is 2.27. The lowest BCUT2D eigenvalue weighted by molar-refractivity contribution is -0.125. The van der Waals surface area contributed by atoms with Crippen molar-refractivity contribution in [3.63, 3.8) is 0 Å². The Kier molecular flexibility index (Phi) is 5.77. The van der Waals surface area contributed by atoms with Gasteiger partial charge in [-0.25, -0.2) is 4.68 Å². The van der Waals surface area contributed by atoms with E-state index in [0.717, 1.165) is 0 Å². The third-order valence-electron chi connectivity index (χ3n) is 4.72. The average molecular weight is 423 g/mol. The van der Waals surface area contributed by atoms with Crippen molar-refractivity contribution in [3.8, 4) is 17.2 Å². The zero-order chi connectivity index (χ0) is 22.0. The smallest absolute Gasteiger partial charge is 0.256 e. The van der Waals surface area contributed by atoms with E-state index >= 15 is 0 Å². The van der Waals surface area contributed by atoms with Gasteiger partial charge >= 0.3 is 0 Å². The molecule has 9 heteroatoms. The van der Waals surface area contributed by atoms with Crippen LogP contribution in [0.1, 0.15) is 43.8 Å². The Bertz CT molecular complexity index is 1060. The zero-order valence-electron chi connectivity index (χ0n) is 17.6. The van der Waals surface area contributed by atoms with E-state index in [2.05, 4.69) is 21.0 Å². The molecule has 2 unspecified atom stereocenters. The number of nitrogens with zero attached hydrogens (tertiary/aromatic N) is 2. The number of furan rings is 1. The SMILES string of the molecule is CC1CC(=O)NC(n2nc(-c3ccco3)cc2NC(=O)c2ccc(OC(C)C)cc2)N1. The van der Waals surface area contributed by atoms with Gasteiger partial charge in [0.25, 0.3) is 5.91 Å². The summed E-state index contributed by atoms with van der Waals surface area (Å²) in [5, 5.41) is 13.6. The fourth-order valence-corrected chi connectivity index (χ4v) is 3.37. The summed E-state index contributed by atoms with van der Waals surface area (Å²) < 4.78 is 12.6. The average Bonchev–Trinajstić information content (AvgIpc) is 3.37. The maximum absolute atomic E-state index is 12.9. The molecule has 2 atom stereocenters. The van der Waals surface area contributed by atoms with Crippen LogP contribution < -0.4 is 20.7 Å². The Labute approximate surface area is 179 Å². The molecule has 3 aromatic rings. The van der Waals surface area contributed by atoms with Gasteiger partial charge in [-0.1, -0.05) is 0 Å². The molecule has 4 rings (SSSR count). The highest BCUT2D eigenvalue weighted by molar-refractivity contribution is 6.04. The van der Waals surface area contributed by atoms with Crippen LogP contribution in [0.3, 0.4) is 0 Å². The van der Waals surface area contributed by atoms with Gasteiger partial charge in [-0.3, -0.25) is 14.9 Å². The van der Waals surface area contributed by atoms with Crippen LogP contribution in [0.2, 0.25) is 0 Å². The molecule has 1 aliphatic rings. The summed E-state index contributed by atoms with van der Waals surface area (Å²) in [6, 6.07) is 12.1. The first-order chi connectivity index (χ1) is 14.9. The molecule has 162 valence electrons. The quantitative estimate of drug-likeness (QED) is 0.562. The molecule has 2 aromatic heterocycles. The Hall–Kier alpha value is -3.59. The predicted molar refractivity (Wildman–Crippen MR) is 114 cm³/mol. The molecule has 0 spiro atoms. The van der Waals surface area contributed by atoms with Crippen molar-refractivity contribution in [2.75, 3.05) is 5.32 Å². The van der Waals surface area contributed by atoms with E-state index in [1.807, 2.05) is 20.8 Å². The molecule has 0 saturated carbocycles. The van der Waals surface area contributed by atoms with E-state index in [4.69, 9.17) is 9.15 Å². The Morgan fingerprint density at radius 3 is 2.71 bits per heavy atom. The van der Waals surface area contributed by atoms with Crippen LogP contribution in [0.25, 0.3) is 11.5 Å². The van der Waals surface area contributed by atoms with Crippen molar-refractivity contribution in [2.45, 2.75) is 45.6 Å². The number of amides is 2. The van der Waals surface area contributed by atoms with Crippen molar-refractivity contribution in [3.05, 3.63) is 54.3 Å². The number of carbonyl (C=O) groups is 2. The number of anilines is 1. The second-order valence-electron chi connectivity index (χ2n) is 7.72. The molecular weight excluding hydrogens is 398 g/mol. The molecule has 9 nitrogen and oxygen atoms in total. The molecular formula is C22H25N5O4. The maximum Gasteiger partial charge on any atom is 0.256 e. The summed E-state index contributed by atoms with van der Waals surface area (Å²) in [7, 11) is 0. The molecule has 31 heavy (non-hydrogen) atoms. The summed E-state index contributed by atoms with van der Waals surface area (Å²) in [5.41, 5.74) is 1.01. The second-order valence-corrected chi connectivity index (χ2v) is 7.72. The minimum absolute atomic E-state index is 0.0351. The van der Waals surface area contributed by atoms with Crippen LogP contribution in [0.5, 0.6) is 5.75 Å². The summed E-state index contributed by atoms with van der Waals surface area (Å²) in [4.78, 5) is 24.9. The van der Waals surface area contributed by atoms with Crippen LogP contribution >= 0.6 is 0 Å². The van der Waals surface area contributed by atoms with Crippen LogP contribution in [0, 0.1) is 0 Å². The minimum Gasteiger partial charge on any atom is -0.491 e. The lowest BCUT2D eigenvalue weighted by atomic mass is 10.2. The van der Waals surface area contributed by atoms with Crippen LogP contribution in [-0.2, 0) is 4.79 Å². The van der Waals surface area contributed by atoms with Crippen LogP contribution in [0.15, 0.2) is 53.1 Å². The van der Waals surface area contributed by atoms with Gasteiger partial charge in [0.1, 0.15) is 17.3 Å². The lowest BCUT2D eigenvalue weighted by Gasteiger charge is -2.30. The molecule has 1 aliphatic heterocycles. The molecule has 0 bridgehead atoms. The molecule has 1 saturated heterocycles. The number of aromatic nitrogens is 2. The molecule has 1 fully saturated rings. The van der Waals surface area contributed by atoms with Crippen molar-refractivity contribution in [2.24, 2.45) is 0 Å². The van der Waals surface area contributed by atoms with Gasteiger partial charge in [0.15, 0.2) is 12.0 Å². The van der Waals surface area contributed by atoms with Gasteiger partial charge in [-0.2, -0.15) is 5.10 Å². The number of rotatable bonds is 6. The van der Waals surface area contributed by atoms with Crippen molar-refractivity contribution < 1.29 is 18.7 Å². The first-order valence-corrected chi connectivity index (χ1v) is 10.2. The predicted octanol–water partition coefficient (Wildman–Crippen LogP) is 3.14. The molecule has 1 aromatic carbocycles. The Balaban J connectivity index is 1.60. The summed E-state index contributed by atoms with van der Waals surface area (Å²) >= 11 is 0. The maximum atomic E-state index is 12.9. The number of ether oxygens (including phenoxy) is 1. The number of carbonyl (C=O) groups excluding carboxylic acids is 2.